The minimum atomic E-state index is 0.333. The maximum absolute atomic E-state index is 12.1. The summed E-state index contributed by atoms with van der Waals surface area (Å²) in [5.74, 6) is 0.973. The largest absolute Gasteiger partial charge is 0.343 e. The van der Waals surface area contributed by atoms with Crippen LogP contribution in [-0.2, 0) is 4.79 Å². The van der Waals surface area contributed by atoms with Crippen LogP contribution in [0.25, 0.3) is 0 Å². The summed E-state index contributed by atoms with van der Waals surface area (Å²) in [6.07, 6.45) is 10.1. The molecule has 0 heterocycles. The quantitative estimate of drug-likeness (QED) is 0.724. The fourth-order valence-electron chi connectivity index (χ4n) is 3.08. The highest BCUT2D eigenvalue weighted by Gasteiger charge is 2.23. The molecule has 1 amide bonds. The lowest BCUT2D eigenvalue weighted by molar-refractivity contribution is -0.132. The maximum atomic E-state index is 12.1. The van der Waals surface area contributed by atoms with Gasteiger partial charge in [-0.3, -0.25) is 4.79 Å². The topological polar surface area (TPSA) is 46.3 Å². The highest BCUT2D eigenvalue weighted by molar-refractivity contribution is 5.76. The fraction of sp³-hybridized carbons (Fsp3) is 0.933. The molecule has 2 N–H and O–H groups in total. The normalized spacial score (nSPS) is 17.9. The number of nitrogens with two attached hydrogens (primary N) is 1. The standard InChI is InChI=1S/C15H30N2O/c1-3-6-13(11-12-16)9-10-15(18)17(2)14-7-4-5-8-14/h13-14H,3-12,16H2,1-2H3. The van der Waals surface area contributed by atoms with Crippen molar-refractivity contribution in [1.82, 2.24) is 4.90 Å². The van der Waals surface area contributed by atoms with Crippen molar-refractivity contribution in [3.63, 3.8) is 0 Å². The molecule has 1 saturated carbocycles. The Morgan fingerprint density at radius 3 is 2.50 bits per heavy atom. The lowest BCUT2D eigenvalue weighted by Crippen LogP contribution is -2.35. The van der Waals surface area contributed by atoms with E-state index in [1.165, 1.54) is 38.5 Å². The predicted octanol–water partition coefficient (Wildman–Crippen LogP) is 2.93. The third kappa shape index (κ3) is 4.97. The molecule has 3 heteroatoms. The first-order valence-corrected chi connectivity index (χ1v) is 7.64. The van der Waals surface area contributed by atoms with Gasteiger partial charge >= 0.3 is 0 Å². The van der Waals surface area contributed by atoms with Crippen LogP contribution in [0.5, 0.6) is 0 Å². The van der Waals surface area contributed by atoms with Crippen molar-refractivity contribution in [3.05, 3.63) is 0 Å². The molecule has 106 valence electrons. The molecule has 1 aliphatic rings. The van der Waals surface area contributed by atoms with Crippen LogP contribution in [0.2, 0.25) is 0 Å². The number of amides is 1. The maximum Gasteiger partial charge on any atom is 0.222 e. The molecule has 0 aliphatic heterocycles. The molecule has 3 nitrogen and oxygen atoms in total. The number of carbonyl (C=O) groups excluding carboxylic acids is 1. The van der Waals surface area contributed by atoms with Gasteiger partial charge in [0.15, 0.2) is 0 Å². The highest BCUT2D eigenvalue weighted by atomic mass is 16.2. The summed E-state index contributed by atoms with van der Waals surface area (Å²) < 4.78 is 0. The first-order chi connectivity index (χ1) is 8.69. The third-order valence-electron chi connectivity index (χ3n) is 4.30. The van der Waals surface area contributed by atoms with E-state index in [2.05, 4.69) is 6.92 Å². The van der Waals surface area contributed by atoms with E-state index in [4.69, 9.17) is 5.73 Å². The number of carbonyl (C=O) groups is 1. The smallest absolute Gasteiger partial charge is 0.222 e. The molecule has 0 aromatic carbocycles. The van der Waals surface area contributed by atoms with Gasteiger partial charge in [0.05, 0.1) is 0 Å². The third-order valence-corrected chi connectivity index (χ3v) is 4.30. The Bertz CT molecular complexity index is 231. The Labute approximate surface area is 112 Å². The van der Waals surface area contributed by atoms with Gasteiger partial charge in [0.2, 0.25) is 5.91 Å². The summed E-state index contributed by atoms with van der Waals surface area (Å²) in [4.78, 5) is 14.1. The summed E-state index contributed by atoms with van der Waals surface area (Å²) in [6, 6.07) is 0.511. The van der Waals surface area contributed by atoms with E-state index in [1.54, 1.807) is 0 Å². The van der Waals surface area contributed by atoms with Gasteiger partial charge in [0.1, 0.15) is 0 Å². The summed E-state index contributed by atoms with van der Waals surface area (Å²) >= 11 is 0. The van der Waals surface area contributed by atoms with E-state index < -0.39 is 0 Å². The van der Waals surface area contributed by atoms with Crippen molar-refractivity contribution in [1.29, 1.82) is 0 Å². The molecule has 0 bridgehead atoms. The zero-order chi connectivity index (χ0) is 13.4. The van der Waals surface area contributed by atoms with E-state index in [1.807, 2.05) is 11.9 Å². The SMILES string of the molecule is CCCC(CCN)CCC(=O)N(C)C1CCCC1. The molecule has 0 aromatic rings. The van der Waals surface area contributed by atoms with Gasteiger partial charge in [-0.25, -0.2) is 0 Å². The van der Waals surface area contributed by atoms with Crippen LogP contribution in [-0.4, -0.2) is 30.4 Å². The Hall–Kier alpha value is -0.570. The van der Waals surface area contributed by atoms with Crippen LogP contribution < -0.4 is 5.73 Å². The van der Waals surface area contributed by atoms with Gasteiger partial charge in [0, 0.05) is 19.5 Å². The lowest BCUT2D eigenvalue weighted by Gasteiger charge is -2.25. The number of nitrogens with zero attached hydrogens (tertiary/aromatic N) is 1. The van der Waals surface area contributed by atoms with Crippen LogP contribution in [0.4, 0.5) is 0 Å². The summed E-state index contributed by atoms with van der Waals surface area (Å²) in [6.45, 7) is 2.95. The van der Waals surface area contributed by atoms with Crippen molar-refractivity contribution in [2.24, 2.45) is 11.7 Å². The number of hydrogen-bond acceptors (Lipinski definition) is 2. The molecule has 18 heavy (non-hydrogen) atoms. The Balaban J connectivity index is 2.29. The van der Waals surface area contributed by atoms with Crippen LogP contribution in [0.3, 0.4) is 0 Å². The van der Waals surface area contributed by atoms with Crippen molar-refractivity contribution in [2.45, 2.75) is 70.8 Å². The van der Waals surface area contributed by atoms with E-state index in [0.29, 0.717) is 24.3 Å². The average Bonchev–Trinajstić information content (AvgIpc) is 2.89. The monoisotopic (exact) mass is 254 g/mol. The second-order valence-electron chi connectivity index (χ2n) is 5.71. The molecule has 1 rings (SSSR count). The summed E-state index contributed by atoms with van der Waals surface area (Å²) in [5.41, 5.74) is 5.63. The molecule has 1 aliphatic carbocycles. The average molecular weight is 254 g/mol. The number of hydrogen-bond donors (Lipinski definition) is 1. The first kappa shape index (κ1) is 15.5. The van der Waals surface area contributed by atoms with Crippen molar-refractivity contribution < 1.29 is 4.79 Å². The molecule has 0 radical (unpaired) electrons. The second-order valence-corrected chi connectivity index (χ2v) is 5.71. The molecule has 1 fully saturated rings. The fourth-order valence-corrected chi connectivity index (χ4v) is 3.08. The van der Waals surface area contributed by atoms with E-state index in [0.717, 1.165) is 19.4 Å². The Morgan fingerprint density at radius 1 is 1.28 bits per heavy atom. The summed E-state index contributed by atoms with van der Waals surface area (Å²) in [7, 11) is 1.98. The van der Waals surface area contributed by atoms with Gasteiger partial charge < -0.3 is 10.6 Å². The first-order valence-electron chi connectivity index (χ1n) is 7.64. The second kappa shape index (κ2) is 8.52. The van der Waals surface area contributed by atoms with E-state index >= 15 is 0 Å². The molecular weight excluding hydrogens is 224 g/mol. The van der Waals surface area contributed by atoms with Gasteiger partial charge in [0.25, 0.3) is 0 Å². The molecule has 0 spiro atoms. The van der Waals surface area contributed by atoms with Crippen LogP contribution in [0.1, 0.15) is 64.7 Å². The lowest BCUT2D eigenvalue weighted by atomic mass is 9.94. The Kier molecular flexibility index (Phi) is 7.33. The van der Waals surface area contributed by atoms with Crippen molar-refractivity contribution >= 4 is 5.91 Å². The van der Waals surface area contributed by atoms with Crippen molar-refractivity contribution in [3.8, 4) is 0 Å². The minimum absolute atomic E-state index is 0.333. The van der Waals surface area contributed by atoms with E-state index in [-0.39, 0.29) is 0 Å². The van der Waals surface area contributed by atoms with Gasteiger partial charge in [-0.05, 0) is 38.1 Å². The van der Waals surface area contributed by atoms with Crippen molar-refractivity contribution in [2.75, 3.05) is 13.6 Å². The minimum Gasteiger partial charge on any atom is -0.343 e. The van der Waals surface area contributed by atoms with Crippen LogP contribution in [0.15, 0.2) is 0 Å². The predicted molar refractivity (Wildman–Crippen MR) is 76.3 cm³/mol. The molecule has 1 unspecified atom stereocenters. The van der Waals surface area contributed by atoms with Gasteiger partial charge in [-0.2, -0.15) is 0 Å². The number of rotatable bonds is 8. The molecule has 0 saturated heterocycles. The highest BCUT2D eigenvalue weighted by Crippen LogP contribution is 2.24. The van der Waals surface area contributed by atoms with E-state index in [9.17, 15) is 4.79 Å². The molecular formula is C15H30N2O. The molecule has 1 atom stereocenters. The van der Waals surface area contributed by atoms with Gasteiger partial charge in [-0.1, -0.05) is 32.6 Å². The summed E-state index contributed by atoms with van der Waals surface area (Å²) in [5, 5.41) is 0. The van der Waals surface area contributed by atoms with Crippen LogP contribution >= 0.6 is 0 Å². The van der Waals surface area contributed by atoms with Crippen LogP contribution in [0, 0.1) is 5.92 Å². The zero-order valence-electron chi connectivity index (χ0n) is 12.2. The van der Waals surface area contributed by atoms with Gasteiger partial charge in [-0.15, -0.1) is 0 Å². The zero-order valence-corrected chi connectivity index (χ0v) is 12.2. The Morgan fingerprint density at radius 2 is 1.94 bits per heavy atom. The molecule has 0 aromatic heterocycles.